The van der Waals surface area contributed by atoms with Crippen molar-refractivity contribution < 1.29 is 32.7 Å². The first-order valence-corrected chi connectivity index (χ1v) is 12.4. The Morgan fingerprint density at radius 1 is 1.00 bits per heavy atom. The van der Waals surface area contributed by atoms with Gasteiger partial charge in [0, 0.05) is 37.1 Å². The number of carbonyl (C=O) groups is 3. The Morgan fingerprint density at radius 2 is 1.66 bits per heavy atom. The van der Waals surface area contributed by atoms with Crippen molar-refractivity contribution in [2.24, 2.45) is 0 Å². The SMILES string of the molecule is COc1ccc(C(=O)N2CCC3(CC2)OC[C@@H](C(=O)NCc2ccco2)N3C(=O)c2ccc(F)cc2)cc1. The largest absolute Gasteiger partial charge is 0.497 e. The van der Waals surface area contributed by atoms with Gasteiger partial charge in [0.05, 0.1) is 26.5 Å². The van der Waals surface area contributed by atoms with Gasteiger partial charge in [-0.05, 0) is 60.7 Å². The molecule has 0 aliphatic carbocycles. The predicted molar refractivity (Wildman–Crippen MR) is 134 cm³/mol. The monoisotopic (exact) mass is 521 g/mol. The Balaban J connectivity index is 1.35. The topological polar surface area (TPSA) is 101 Å². The van der Waals surface area contributed by atoms with Gasteiger partial charge in [-0.3, -0.25) is 19.3 Å². The number of ether oxygens (including phenoxy) is 2. The zero-order valence-corrected chi connectivity index (χ0v) is 20.9. The summed E-state index contributed by atoms with van der Waals surface area (Å²) < 4.78 is 30.2. The van der Waals surface area contributed by atoms with Gasteiger partial charge in [0.1, 0.15) is 29.1 Å². The van der Waals surface area contributed by atoms with Crippen molar-refractivity contribution in [1.82, 2.24) is 15.1 Å². The summed E-state index contributed by atoms with van der Waals surface area (Å²) in [6.07, 6.45) is 2.16. The van der Waals surface area contributed by atoms with E-state index in [4.69, 9.17) is 13.9 Å². The smallest absolute Gasteiger partial charge is 0.256 e. The third-order valence-corrected chi connectivity index (χ3v) is 7.06. The first-order chi connectivity index (χ1) is 18.4. The molecule has 3 heterocycles. The number of nitrogens with one attached hydrogen (secondary N) is 1. The number of methoxy groups -OCH3 is 1. The van der Waals surface area contributed by atoms with Gasteiger partial charge < -0.3 is 24.1 Å². The number of piperidine rings is 1. The second-order valence-electron chi connectivity index (χ2n) is 9.27. The van der Waals surface area contributed by atoms with Gasteiger partial charge in [-0.25, -0.2) is 4.39 Å². The lowest BCUT2D eigenvalue weighted by molar-refractivity contribution is -0.128. The van der Waals surface area contributed by atoms with Crippen LogP contribution in [0.3, 0.4) is 0 Å². The van der Waals surface area contributed by atoms with Crippen LogP contribution in [0.15, 0.2) is 71.3 Å². The molecule has 2 aliphatic rings. The Hall–Kier alpha value is -4.18. The van der Waals surface area contributed by atoms with Crippen LogP contribution in [0.4, 0.5) is 4.39 Å². The summed E-state index contributed by atoms with van der Waals surface area (Å²) in [7, 11) is 1.56. The molecule has 3 aromatic rings. The van der Waals surface area contributed by atoms with Crippen molar-refractivity contribution in [2.45, 2.75) is 31.2 Å². The zero-order valence-electron chi connectivity index (χ0n) is 20.9. The minimum Gasteiger partial charge on any atom is -0.497 e. The third-order valence-electron chi connectivity index (χ3n) is 7.06. The van der Waals surface area contributed by atoms with E-state index in [9.17, 15) is 18.8 Å². The van der Waals surface area contributed by atoms with Gasteiger partial charge in [-0.2, -0.15) is 0 Å². The molecule has 2 aromatic carbocycles. The number of nitrogens with zero attached hydrogens (tertiary/aromatic N) is 2. The maximum absolute atomic E-state index is 13.7. The Labute approximate surface area is 219 Å². The van der Waals surface area contributed by atoms with Crippen molar-refractivity contribution >= 4 is 17.7 Å². The Bertz CT molecular complexity index is 1290. The molecule has 198 valence electrons. The fourth-order valence-electron chi connectivity index (χ4n) is 4.98. The lowest BCUT2D eigenvalue weighted by Gasteiger charge is -2.44. The number of hydrogen-bond acceptors (Lipinski definition) is 6. The van der Waals surface area contributed by atoms with E-state index in [1.54, 1.807) is 48.4 Å². The molecule has 2 aliphatic heterocycles. The van der Waals surface area contributed by atoms with E-state index in [2.05, 4.69) is 5.32 Å². The van der Waals surface area contributed by atoms with Gasteiger partial charge in [-0.1, -0.05) is 0 Å². The molecule has 0 bridgehead atoms. The summed E-state index contributed by atoms with van der Waals surface area (Å²) in [5, 5.41) is 2.81. The van der Waals surface area contributed by atoms with E-state index < -0.39 is 23.5 Å². The first-order valence-electron chi connectivity index (χ1n) is 12.4. The molecule has 0 saturated carbocycles. The van der Waals surface area contributed by atoms with Crippen LogP contribution in [0, 0.1) is 5.82 Å². The molecule has 3 amide bonds. The molecule has 1 aromatic heterocycles. The highest BCUT2D eigenvalue weighted by atomic mass is 19.1. The van der Waals surface area contributed by atoms with Crippen molar-refractivity contribution in [3.8, 4) is 5.75 Å². The number of halogens is 1. The fourth-order valence-corrected chi connectivity index (χ4v) is 4.98. The van der Waals surface area contributed by atoms with Crippen molar-refractivity contribution in [3.63, 3.8) is 0 Å². The number of amides is 3. The van der Waals surface area contributed by atoms with Crippen LogP contribution in [0.1, 0.15) is 39.3 Å². The van der Waals surface area contributed by atoms with Gasteiger partial charge in [0.25, 0.3) is 11.8 Å². The zero-order chi connectivity index (χ0) is 26.7. The molecular weight excluding hydrogens is 493 g/mol. The number of furan rings is 1. The second kappa shape index (κ2) is 10.7. The van der Waals surface area contributed by atoms with Crippen LogP contribution in [0.2, 0.25) is 0 Å². The minimum absolute atomic E-state index is 0.00332. The quantitative estimate of drug-likeness (QED) is 0.535. The first kappa shape index (κ1) is 25.5. The van der Waals surface area contributed by atoms with Crippen molar-refractivity contribution in [2.75, 3.05) is 26.8 Å². The lowest BCUT2D eigenvalue weighted by Crippen LogP contribution is -2.59. The summed E-state index contributed by atoms with van der Waals surface area (Å²) in [5.41, 5.74) is -0.296. The second-order valence-corrected chi connectivity index (χ2v) is 9.27. The molecule has 0 unspecified atom stereocenters. The summed E-state index contributed by atoms with van der Waals surface area (Å²) in [6, 6.07) is 14.6. The lowest BCUT2D eigenvalue weighted by atomic mass is 9.96. The molecular formula is C28H28FN3O6. The Kier molecular flexibility index (Phi) is 7.15. The third kappa shape index (κ3) is 4.99. The highest BCUT2D eigenvalue weighted by molar-refractivity contribution is 5.98. The molecule has 1 N–H and O–H groups in total. The van der Waals surface area contributed by atoms with Crippen LogP contribution in [-0.2, 0) is 16.1 Å². The minimum atomic E-state index is -1.07. The molecule has 1 atom stereocenters. The molecule has 2 fully saturated rings. The van der Waals surface area contributed by atoms with Crippen LogP contribution >= 0.6 is 0 Å². The van der Waals surface area contributed by atoms with Crippen molar-refractivity contribution in [3.05, 3.63) is 89.6 Å². The average Bonchev–Trinajstić information content (AvgIpc) is 3.60. The van der Waals surface area contributed by atoms with E-state index >= 15 is 0 Å². The van der Waals surface area contributed by atoms with E-state index in [0.29, 0.717) is 43.0 Å². The molecule has 10 heteroatoms. The predicted octanol–water partition coefficient (Wildman–Crippen LogP) is 3.22. The maximum atomic E-state index is 13.7. The molecule has 1 spiro atoms. The number of benzene rings is 2. The van der Waals surface area contributed by atoms with E-state index in [1.165, 1.54) is 35.4 Å². The van der Waals surface area contributed by atoms with E-state index in [-0.39, 0.29) is 30.5 Å². The van der Waals surface area contributed by atoms with Gasteiger partial charge in [0.15, 0.2) is 0 Å². The number of carbonyl (C=O) groups excluding carboxylic acids is 3. The van der Waals surface area contributed by atoms with Gasteiger partial charge in [0.2, 0.25) is 5.91 Å². The van der Waals surface area contributed by atoms with Crippen LogP contribution in [0.25, 0.3) is 0 Å². The van der Waals surface area contributed by atoms with Crippen LogP contribution in [0.5, 0.6) is 5.75 Å². The highest BCUT2D eigenvalue weighted by Crippen LogP contribution is 2.39. The van der Waals surface area contributed by atoms with Gasteiger partial charge >= 0.3 is 0 Å². The summed E-state index contributed by atoms with van der Waals surface area (Å²) in [6.45, 7) is 0.832. The molecule has 38 heavy (non-hydrogen) atoms. The molecule has 9 nitrogen and oxygen atoms in total. The fraction of sp³-hybridized carbons (Fsp3) is 0.321. The van der Waals surface area contributed by atoms with E-state index in [1.807, 2.05) is 0 Å². The summed E-state index contributed by atoms with van der Waals surface area (Å²) >= 11 is 0. The average molecular weight is 522 g/mol. The summed E-state index contributed by atoms with van der Waals surface area (Å²) in [4.78, 5) is 43.2. The number of likely N-dealkylation sites (tertiary alicyclic amines) is 1. The normalized spacial score (nSPS) is 18.4. The summed E-state index contributed by atoms with van der Waals surface area (Å²) in [5.74, 6) is -0.184. The Morgan fingerprint density at radius 3 is 2.29 bits per heavy atom. The maximum Gasteiger partial charge on any atom is 0.256 e. The van der Waals surface area contributed by atoms with Gasteiger partial charge in [-0.15, -0.1) is 0 Å². The molecule has 0 radical (unpaired) electrons. The highest BCUT2D eigenvalue weighted by Gasteiger charge is 2.54. The standard InChI is InChI=1S/C28H28FN3O6/c1-36-22-10-6-19(7-11-22)26(34)31-14-12-28(13-15-31)32(27(35)20-4-8-21(29)9-5-20)24(18-38-28)25(33)30-17-23-3-2-16-37-23/h2-11,16,24H,12-15,17-18H2,1H3,(H,30,33)/t24-/m0/s1. The van der Waals surface area contributed by atoms with Crippen LogP contribution in [-0.4, -0.2) is 66.1 Å². The molecule has 2 saturated heterocycles. The molecule has 5 rings (SSSR count). The number of hydrogen-bond donors (Lipinski definition) is 1. The number of rotatable bonds is 6. The van der Waals surface area contributed by atoms with Crippen LogP contribution < -0.4 is 10.1 Å². The van der Waals surface area contributed by atoms with Crippen molar-refractivity contribution in [1.29, 1.82) is 0 Å². The van der Waals surface area contributed by atoms with E-state index in [0.717, 1.165) is 0 Å².